The maximum atomic E-state index is 12.8. The van der Waals surface area contributed by atoms with Crippen molar-refractivity contribution in [2.24, 2.45) is 0 Å². The van der Waals surface area contributed by atoms with Gasteiger partial charge in [0, 0.05) is 19.0 Å². The SMILES string of the molecule is O=C(CC1CCCCN1S(=O)(=O)c1cccs1)Nc1ccccc1Cl. The van der Waals surface area contributed by atoms with Gasteiger partial charge in [0.05, 0.1) is 10.7 Å². The minimum absolute atomic E-state index is 0.121. The first-order valence-corrected chi connectivity index (χ1v) is 10.8. The van der Waals surface area contributed by atoms with E-state index in [4.69, 9.17) is 11.6 Å². The summed E-state index contributed by atoms with van der Waals surface area (Å²) in [6.45, 7) is 0.449. The number of nitrogens with one attached hydrogen (secondary N) is 1. The molecule has 8 heteroatoms. The van der Waals surface area contributed by atoms with Crippen molar-refractivity contribution in [2.75, 3.05) is 11.9 Å². The molecule has 1 unspecified atom stereocenters. The van der Waals surface area contributed by atoms with Crippen molar-refractivity contribution in [1.82, 2.24) is 4.31 Å². The van der Waals surface area contributed by atoms with E-state index in [-0.39, 0.29) is 18.4 Å². The molecular formula is C17H19ClN2O3S2. The Morgan fingerprint density at radius 1 is 1.24 bits per heavy atom. The number of sulfonamides is 1. The van der Waals surface area contributed by atoms with Gasteiger partial charge in [-0.1, -0.05) is 36.2 Å². The summed E-state index contributed by atoms with van der Waals surface area (Å²) in [4.78, 5) is 12.4. The summed E-state index contributed by atoms with van der Waals surface area (Å²) < 4.78 is 27.5. The number of anilines is 1. The van der Waals surface area contributed by atoms with Gasteiger partial charge >= 0.3 is 0 Å². The Kier molecular flexibility index (Phi) is 5.78. The summed E-state index contributed by atoms with van der Waals surface area (Å²) in [5.41, 5.74) is 0.539. The van der Waals surface area contributed by atoms with Crippen molar-refractivity contribution in [1.29, 1.82) is 0 Å². The molecule has 2 heterocycles. The lowest BCUT2D eigenvalue weighted by Crippen LogP contribution is -2.45. The summed E-state index contributed by atoms with van der Waals surface area (Å²) in [6, 6.07) is 10.00. The van der Waals surface area contributed by atoms with Crippen molar-refractivity contribution >= 4 is 44.6 Å². The van der Waals surface area contributed by atoms with E-state index in [1.54, 1.807) is 41.8 Å². The van der Waals surface area contributed by atoms with E-state index < -0.39 is 10.0 Å². The van der Waals surface area contributed by atoms with Gasteiger partial charge in [0.1, 0.15) is 4.21 Å². The van der Waals surface area contributed by atoms with Crippen LogP contribution in [-0.2, 0) is 14.8 Å². The average Bonchev–Trinajstić information content (AvgIpc) is 3.13. The molecule has 134 valence electrons. The maximum Gasteiger partial charge on any atom is 0.252 e. The standard InChI is InChI=1S/C17H19ClN2O3S2/c18-14-7-1-2-8-15(14)19-16(21)12-13-6-3-4-10-20(13)25(22,23)17-9-5-11-24-17/h1-2,5,7-9,11,13H,3-4,6,10,12H2,(H,19,21). The lowest BCUT2D eigenvalue weighted by molar-refractivity contribution is -0.117. The van der Waals surface area contributed by atoms with E-state index in [0.29, 0.717) is 27.9 Å². The van der Waals surface area contributed by atoms with Crippen molar-refractivity contribution in [3.05, 3.63) is 46.8 Å². The second kappa shape index (κ2) is 7.86. The monoisotopic (exact) mass is 398 g/mol. The number of carbonyl (C=O) groups is 1. The van der Waals surface area contributed by atoms with Crippen LogP contribution in [0.4, 0.5) is 5.69 Å². The molecule has 1 saturated heterocycles. The maximum absolute atomic E-state index is 12.8. The van der Waals surface area contributed by atoms with Gasteiger partial charge < -0.3 is 5.32 Å². The highest BCUT2D eigenvalue weighted by Gasteiger charge is 2.35. The number of rotatable bonds is 5. The number of thiophene rings is 1. The molecule has 5 nitrogen and oxygen atoms in total. The lowest BCUT2D eigenvalue weighted by atomic mass is 10.0. The van der Waals surface area contributed by atoms with E-state index >= 15 is 0 Å². The van der Waals surface area contributed by atoms with Gasteiger partial charge in [0.25, 0.3) is 10.0 Å². The van der Waals surface area contributed by atoms with E-state index in [2.05, 4.69) is 5.32 Å². The molecule has 1 atom stereocenters. The third-order valence-corrected chi connectivity index (χ3v) is 7.85. The third-order valence-electron chi connectivity index (χ3n) is 4.20. The Morgan fingerprint density at radius 2 is 2.04 bits per heavy atom. The number of nitrogens with zero attached hydrogens (tertiary/aromatic N) is 1. The van der Waals surface area contributed by atoms with E-state index in [1.807, 2.05) is 0 Å². The Morgan fingerprint density at radius 3 is 2.76 bits per heavy atom. The number of hydrogen-bond acceptors (Lipinski definition) is 4. The smallest absolute Gasteiger partial charge is 0.252 e. The fourth-order valence-electron chi connectivity index (χ4n) is 3.00. The van der Waals surface area contributed by atoms with Crippen LogP contribution in [0.2, 0.25) is 5.02 Å². The second-order valence-corrected chi connectivity index (χ2v) is 9.40. The van der Waals surface area contributed by atoms with Crippen LogP contribution in [0.3, 0.4) is 0 Å². The quantitative estimate of drug-likeness (QED) is 0.828. The Hall–Kier alpha value is -1.41. The molecule has 0 saturated carbocycles. The molecule has 1 N–H and O–H groups in total. The van der Waals surface area contributed by atoms with Gasteiger partial charge in [0.2, 0.25) is 5.91 Å². The number of hydrogen-bond donors (Lipinski definition) is 1. The van der Waals surface area contributed by atoms with Gasteiger partial charge in [-0.3, -0.25) is 4.79 Å². The molecule has 1 aromatic heterocycles. The number of amides is 1. The Balaban J connectivity index is 1.73. The van der Waals surface area contributed by atoms with E-state index in [0.717, 1.165) is 12.8 Å². The fourth-order valence-corrected chi connectivity index (χ4v) is 5.99. The number of piperidine rings is 1. The molecule has 1 aromatic carbocycles. The average molecular weight is 399 g/mol. The molecule has 1 fully saturated rings. The first-order valence-electron chi connectivity index (χ1n) is 8.08. The number of benzene rings is 1. The summed E-state index contributed by atoms with van der Waals surface area (Å²) in [5.74, 6) is -0.230. The molecule has 25 heavy (non-hydrogen) atoms. The summed E-state index contributed by atoms with van der Waals surface area (Å²) in [6.07, 6.45) is 2.53. The zero-order valence-corrected chi connectivity index (χ0v) is 15.9. The van der Waals surface area contributed by atoms with Gasteiger partial charge in [-0.15, -0.1) is 11.3 Å². The highest BCUT2D eigenvalue weighted by Crippen LogP contribution is 2.29. The van der Waals surface area contributed by atoms with Crippen LogP contribution in [0.1, 0.15) is 25.7 Å². The largest absolute Gasteiger partial charge is 0.325 e. The minimum atomic E-state index is -3.55. The van der Waals surface area contributed by atoms with Crippen LogP contribution >= 0.6 is 22.9 Å². The van der Waals surface area contributed by atoms with E-state index in [9.17, 15) is 13.2 Å². The lowest BCUT2D eigenvalue weighted by Gasteiger charge is -2.34. The van der Waals surface area contributed by atoms with Gasteiger partial charge in [-0.2, -0.15) is 4.31 Å². The Bertz CT molecular complexity index is 837. The predicted octanol–water partition coefficient (Wildman–Crippen LogP) is 3.97. The molecule has 0 bridgehead atoms. The number of para-hydroxylation sites is 1. The van der Waals surface area contributed by atoms with Crippen LogP contribution in [0.15, 0.2) is 46.0 Å². The molecule has 3 rings (SSSR count). The van der Waals surface area contributed by atoms with Crippen molar-refractivity contribution < 1.29 is 13.2 Å². The summed E-state index contributed by atoms with van der Waals surface area (Å²) >= 11 is 7.26. The second-order valence-electron chi connectivity index (χ2n) is 5.93. The zero-order chi connectivity index (χ0) is 17.9. The molecule has 0 radical (unpaired) electrons. The predicted molar refractivity (Wildman–Crippen MR) is 101 cm³/mol. The number of carbonyl (C=O) groups excluding carboxylic acids is 1. The molecule has 1 aliphatic heterocycles. The fraction of sp³-hybridized carbons (Fsp3) is 0.353. The van der Waals surface area contributed by atoms with Crippen molar-refractivity contribution in [3.63, 3.8) is 0 Å². The normalized spacial score (nSPS) is 18.8. The van der Waals surface area contributed by atoms with Gasteiger partial charge in [-0.25, -0.2) is 8.42 Å². The van der Waals surface area contributed by atoms with Crippen molar-refractivity contribution in [2.45, 2.75) is 35.9 Å². The summed E-state index contributed by atoms with van der Waals surface area (Å²) in [7, 11) is -3.55. The zero-order valence-electron chi connectivity index (χ0n) is 13.5. The molecule has 1 aliphatic rings. The third kappa shape index (κ3) is 4.23. The number of halogens is 1. The van der Waals surface area contributed by atoms with Crippen LogP contribution < -0.4 is 5.32 Å². The van der Waals surface area contributed by atoms with Crippen molar-refractivity contribution in [3.8, 4) is 0 Å². The van der Waals surface area contributed by atoms with E-state index in [1.165, 1.54) is 15.6 Å². The summed E-state index contributed by atoms with van der Waals surface area (Å²) in [5, 5.41) is 4.98. The molecule has 0 aliphatic carbocycles. The highest BCUT2D eigenvalue weighted by atomic mass is 35.5. The topological polar surface area (TPSA) is 66.5 Å². The molecule has 2 aromatic rings. The molecule has 1 amide bonds. The van der Waals surface area contributed by atoms with Crippen LogP contribution in [0.25, 0.3) is 0 Å². The Labute approximate surface area is 156 Å². The highest BCUT2D eigenvalue weighted by molar-refractivity contribution is 7.91. The first kappa shape index (κ1) is 18.4. The van der Waals surface area contributed by atoms with Crippen LogP contribution in [0.5, 0.6) is 0 Å². The van der Waals surface area contributed by atoms with Gasteiger partial charge in [-0.05, 0) is 36.4 Å². The molecule has 0 spiro atoms. The van der Waals surface area contributed by atoms with Gasteiger partial charge in [0.15, 0.2) is 0 Å². The molecular weight excluding hydrogens is 380 g/mol. The first-order chi connectivity index (χ1) is 12.0. The minimum Gasteiger partial charge on any atom is -0.325 e. The van der Waals surface area contributed by atoms with Crippen LogP contribution in [0, 0.1) is 0 Å². The van der Waals surface area contributed by atoms with Crippen LogP contribution in [-0.4, -0.2) is 31.2 Å².